The first-order valence-electron chi connectivity index (χ1n) is 7.69. The van der Waals surface area contributed by atoms with Crippen LogP contribution in [0.4, 0.5) is 0 Å². The SMILES string of the molecule is CC(C)CNCc1ccc(CN(C)CCN(C)C)c(Br)c1. The predicted molar refractivity (Wildman–Crippen MR) is 95.6 cm³/mol. The van der Waals surface area contributed by atoms with E-state index in [9.17, 15) is 0 Å². The molecule has 0 aliphatic carbocycles. The van der Waals surface area contributed by atoms with Crippen molar-refractivity contribution in [2.24, 2.45) is 5.92 Å². The summed E-state index contributed by atoms with van der Waals surface area (Å²) in [5.74, 6) is 0.693. The summed E-state index contributed by atoms with van der Waals surface area (Å²) in [6.07, 6.45) is 0. The molecule has 21 heavy (non-hydrogen) atoms. The summed E-state index contributed by atoms with van der Waals surface area (Å²) in [4.78, 5) is 4.58. The van der Waals surface area contributed by atoms with Crippen LogP contribution in [0.2, 0.25) is 0 Å². The van der Waals surface area contributed by atoms with Crippen LogP contribution in [0.15, 0.2) is 22.7 Å². The fourth-order valence-corrected chi connectivity index (χ4v) is 2.63. The second-order valence-corrected chi connectivity index (χ2v) is 7.35. The van der Waals surface area contributed by atoms with Crippen molar-refractivity contribution in [3.63, 3.8) is 0 Å². The summed E-state index contributed by atoms with van der Waals surface area (Å²) in [6, 6.07) is 6.71. The topological polar surface area (TPSA) is 18.5 Å². The molecule has 4 heteroatoms. The number of halogens is 1. The molecule has 0 spiro atoms. The smallest absolute Gasteiger partial charge is 0.0242 e. The van der Waals surface area contributed by atoms with E-state index >= 15 is 0 Å². The quantitative estimate of drug-likeness (QED) is 0.733. The van der Waals surface area contributed by atoms with E-state index in [1.54, 1.807) is 0 Å². The molecule has 0 fully saturated rings. The van der Waals surface area contributed by atoms with E-state index in [2.05, 4.69) is 84.2 Å². The maximum atomic E-state index is 3.71. The summed E-state index contributed by atoms with van der Waals surface area (Å²) in [5, 5.41) is 3.48. The number of nitrogens with one attached hydrogen (secondary N) is 1. The standard InChI is InChI=1S/C17H30BrN3/c1-14(2)11-19-12-15-6-7-16(17(18)10-15)13-21(5)9-8-20(3)4/h6-7,10,14,19H,8-9,11-13H2,1-5H3. The lowest BCUT2D eigenvalue weighted by Gasteiger charge is -2.20. The molecule has 1 aromatic carbocycles. The molecule has 0 aliphatic heterocycles. The van der Waals surface area contributed by atoms with E-state index in [4.69, 9.17) is 0 Å². The monoisotopic (exact) mass is 355 g/mol. The van der Waals surface area contributed by atoms with Gasteiger partial charge in [-0.15, -0.1) is 0 Å². The van der Waals surface area contributed by atoms with Crippen molar-refractivity contribution in [3.05, 3.63) is 33.8 Å². The van der Waals surface area contributed by atoms with E-state index in [1.807, 2.05) is 0 Å². The molecule has 1 N–H and O–H groups in total. The number of hydrogen-bond acceptors (Lipinski definition) is 3. The molecule has 0 amide bonds. The zero-order chi connectivity index (χ0) is 15.8. The zero-order valence-electron chi connectivity index (χ0n) is 14.1. The first kappa shape index (κ1) is 18.6. The lowest BCUT2D eigenvalue weighted by Crippen LogP contribution is -2.28. The maximum absolute atomic E-state index is 3.71. The highest BCUT2D eigenvalue weighted by atomic mass is 79.9. The second-order valence-electron chi connectivity index (χ2n) is 6.49. The van der Waals surface area contributed by atoms with Crippen LogP contribution in [-0.4, -0.2) is 50.6 Å². The fraction of sp³-hybridized carbons (Fsp3) is 0.647. The third-order valence-corrected chi connectivity index (χ3v) is 4.11. The van der Waals surface area contributed by atoms with E-state index in [1.165, 1.54) is 15.6 Å². The first-order chi connectivity index (χ1) is 9.88. The van der Waals surface area contributed by atoms with Gasteiger partial charge in [-0.2, -0.15) is 0 Å². The number of hydrogen-bond donors (Lipinski definition) is 1. The highest BCUT2D eigenvalue weighted by molar-refractivity contribution is 9.10. The van der Waals surface area contributed by atoms with Gasteiger partial charge in [0.1, 0.15) is 0 Å². The minimum absolute atomic E-state index is 0.693. The highest BCUT2D eigenvalue weighted by Gasteiger charge is 2.06. The summed E-state index contributed by atoms with van der Waals surface area (Å²) in [6.45, 7) is 9.61. The van der Waals surface area contributed by atoms with E-state index in [0.29, 0.717) is 5.92 Å². The molecule has 0 aromatic heterocycles. The largest absolute Gasteiger partial charge is 0.312 e. The fourth-order valence-electron chi connectivity index (χ4n) is 2.07. The van der Waals surface area contributed by atoms with Crippen molar-refractivity contribution in [2.45, 2.75) is 26.9 Å². The Kier molecular flexibility index (Phi) is 8.49. The number of likely N-dealkylation sites (N-methyl/N-ethyl adjacent to an activating group) is 2. The van der Waals surface area contributed by atoms with Gasteiger partial charge in [0.25, 0.3) is 0 Å². The van der Waals surface area contributed by atoms with Gasteiger partial charge in [0.2, 0.25) is 0 Å². The van der Waals surface area contributed by atoms with Crippen molar-refractivity contribution in [1.29, 1.82) is 0 Å². The Morgan fingerprint density at radius 1 is 1.14 bits per heavy atom. The predicted octanol–water partition coefficient (Wildman–Crippen LogP) is 3.19. The van der Waals surface area contributed by atoms with E-state index in [0.717, 1.165) is 32.7 Å². The van der Waals surface area contributed by atoms with Crippen molar-refractivity contribution >= 4 is 15.9 Å². The normalized spacial score (nSPS) is 11.9. The Labute approximate surface area is 138 Å². The van der Waals surface area contributed by atoms with Crippen molar-refractivity contribution in [3.8, 4) is 0 Å². The Morgan fingerprint density at radius 3 is 2.43 bits per heavy atom. The summed E-state index contributed by atoms with van der Waals surface area (Å²) in [5.41, 5.74) is 2.69. The van der Waals surface area contributed by atoms with Crippen LogP contribution in [0.3, 0.4) is 0 Å². The highest BCUT2D eigenvalue weighted by Crippen LogP contribution is 2.20. The average Bonchev–Trinajstić information content (AvgIpc) is 2.39. The van der Waals surface area contributed by atoms with Gasteiger partial charge >= 0.3 is 0 Å². The molecule has 0 unspecified atom stereocenters. The van der Waals surface area contributed by atoms with Crippen LogP contribution >= 0.6 is 15.9 Å². The average molecular weight is 356 g/mol. The molecule has 0 saturated carbocycles. The molecular formula is C17H30BrN3. The molecule has 0 heterocycles. The summed E-state index contributed by atoms with van der Waals surface area (Å²) >= 11 is 3.71. The summed E-state index contributed by atoms with van der Waals surface area (Å²) in [7, 11) is 6.40. The minimum atomic E-state index is 0.693. The molecular weight excluding hydrogens is 326 g/mol. The van der Waals surface area contributed by atoms with Gasteiger partial charge in [-0.1, -0.05) is 41.9 Å². The van der Waals surface area contributed by atoms with Gasteiger partial charge in [-0.25, -0.2) is 0 Å². The summed E-state index contributed by atoms with van der Waals surface area (Å²) < 4.78 is 1.21. The Morgan fingerprint density at radius 2 is 1.86 bits per heavy atom. The van der Waals surface area contributed by atoms with Gasteiger partial charge in [0, 0.05) is 30.7 Å². The van der Waals surface area contributed by atoms with Crippen molar-refractivity contribution < 1.29 is 0 Å². The van der Waals surface area contributed by atoms with E-state index < -0.39 is 0 Å². The van der Waals surface area contributed by atoms with Crippen molar-refractivity contribution in [2.75, 3.05) is 40.8 Å². The van der Waals surface area contributed by atoms with Crippen LogP contribution in [0.5, 0.6) is 0 Å². The Bertz CT molecular complexity index is 418. The van der Waals surface area contributed by atoms with Gasteiger partial charge < -0.3 is 15.1 Å². The van der Waals surface area contributed by atoms with Gasteiger partial charge in [0.05, 0.1) is 0 Å². The molecule has 0 aliphatic rings. The van der Waals surface area contributed by atoms with Gasteiger partial charge in [-0.05, 0) is 50.8 Å². The third-order valence-electron chi connectivity index (χ3n) is 3.37. The Balaban J connectivity index is 2.49. The molecule has 0 radical (unpaired) electrons. The van der Waals surface area contributed by atoms with Crippen LogP contribution in [0.25, 0.3) is 0 Å². The van der Waals surface area contributed by atoms with Crippen LogP contribution in [0, 0.1) is 5.92 Å². The number of nitrogens with zero attached hydrogens (tertiary/aromatic N) is 2. The van der Waals surface area contributed by atoms with Gasteiger partial charge in [-0.3, -0.25) is 0 Å². The number of benzene rings is 1. The molecule has 1 rings (SSSR count). The first-order valence-corrected chi connectivity index (χ1v) is 8.49. The third kappa shape index (κ3) is 7.96. The Hall–Kier alpha value is -0.420. The van der Waals surface area contributed by atoms with Gasteiger partial charge in [0.15, 0.2) is 0 Å². The van der Waals surface area contributed by atoms with Crippen molar-refractivity contribution in [1.82, 2.24) is 15.1 Å². The molecule has 0 bridgehead atoms. The number of rotatable bonds is 9. The lowest BCUT2D eigenvalue weighted by atomic mass is 10.1. The van der Waals surface area contributed by atoms with Crippen LogP contribution in [-0.2, 0) is 13.1 Å². The molecule has 3 nitrogen and oxygen atoms in total. The second kappa shape index (κ2) is 9.57. The van der Waals surface area contributed by atoms with E-state index in [-0.39, 0.29) is 0 Å². The van der Waals surface area contributed by atoms with Crippen LogP contribution in [0.1, 0.15) is 25.0 Å². The molecule has 1 aromatic rings. The maximum Gasteiger partial charge on any atom is 0.0242 e. The zero-order valence-corrected chi connectivity index (χ0v) is 15.7. The molecule has 0 saturated heterocycles. The van der Waals surface area contributed by atoms with Crippen LogP contribution < -0.4 is 5.32 Å². The molecule has 120 valence electrons. The lowest BCUT2D eigenvalue weighted by molar-refractivity contribution is 0.276. The molecule has 0 atom stereocenters. The minimum Gasteiger partial charge on any atom is -0.312 e.